The largest absolute Gasteiger partial charge is 0.455 e. The van der Waals surface area contributed by atoms with Crippen molar-refractivity contribution in [1.82, 2.24) is 19.6 Å². The van der Waals surface area contributed by atoms with Crippen molar-refractivity contribution in [1.29, 1.82) is 0 Å². The average Bonchev–Trinajstić information content (AvgIpc) is 3.08. The fourth-order valence-electron chi connectivity index (χ4n) is 4.16. The van der Waals surface area contributed by atoms with E-state index in [0.717, 1.165) is 10.9 Å². The number of rotatable bonds is 2. The number of carbonyl (C=O) groups excluding carboxylic acids is 2. The van der Waals surface area contributed by atoms with Crippen molar-refractivity contribution in [2.75, 3.05) is 13.1 Å². The molecule has 7 nitrogen and oxygen atoms in total. The molecule has 1 fully saturated rings. The second-order valence-corrected chi connectivity index (χ2v) is 9.69. The first-order chi connectivity index (χ1) is 14.5. The van der Waals surface area contributed by atoms with Gasteiger partial charge in [-0.25, -0.2) is 9.78 Å². The lowest BCUT2D eigenvalue weighted by atomic mass is 10.0. The summed E-state index contributed by atoms with van der Waals surface area (Å²) >= 11 is 6.27. The number of fused-ring (bicyclic) bond motifs is 3. The molecule has 0 saturated carbocycles. The summed E-state index contributed by atoms with van der Waals surface area (Å²) in [6.07, 6.45) is 1.58. The van der Waals surface area contributed by atoms with Crippen molar-refractivity contribution in [3.8, 4) is 0 Å². The first-order valence-electron chi connectivity index (χ1n) is 10.4. The smallest absolute Gasteiger partial charge is 0.359 e. The van der Waals surface area contributed by atoms with Gasteiger partial charge in [0.2, 0.25) is 0 Å². The van der Waals surface area contributed by atoms with E-state index in [1.807, 2.05) is 31.7 Å². The number of ether oxygens (including phenoxy) is 1. The molecule has 1 aliphatic rings. The number of nitrogens with one attached hydrogen (secondary N) is 1. The van der Waals surface area contributed by atoms with Crippen molar-refractivity contribution in [2.24, 2.45) is 0 Å². The van der Waals surface area contributed by atoms with E-state index < -0.39 is 11.6 Å². The van der Waals surface area contributed by atoms with E-state index in [0.29, 0.717) is 29.2 Å². The van der Waals surface area contributed by atoms with E-state index in [2.05, 4.69) is 24.1 Å². The maximum Gasteiger partial charge on any atom is 0.359 e. The van der Waals surface area contributed by atoms with Gasteiger partial charge in [0.1, 0.15) is 11.9 Å². The van der Waals surface area contributed by atoms with Crippen LogP contribution in [-0.4, -0.2) is 56.9 Å². The molecule has 1 saturated heterocycles. The van der Waals surface area contributed by atoms with Gasteiger partial charge in [-0.05, 0) is 58.9 Å². The van der Waals surface area contributed by atoms with Crippen LogP contribution in [0.2, 0.25) is 5.02 Å². The first-order valence-corrected chi connectivity index (χ1v) is 10.8. The van der Waals surface area contributed by atoms with Gasteiger partial charge in [-0.1, -0.05) is 11.6 Å². The van der Waals surface area contributed by atoms with Crippen LogP contribution in [0.25, 0.3) is 16.4 Å². The molecule has 4 rings (SSSR count). The summed E-state index contributed by atoms with van der Waals surface area (Å²) in [5.74, 6) is -0.613. The molecule has 1 aliphatic heterocycles. The van der Waals surface area contributed by atoms with Gasteiger partial charge in [0.15, 0.2) is 5.69 Å². The Morgan fingerprint density at radius 1 is 1.13 bits per heavy atom. The normalized spacial score (nSPS) is 19.7. The average molecular weight is 443 g/mol. The zero-order valence-electron chi connectivity index (χ0n) is 18.4. The van der Waals surface area contributed by atoms with Crippen LogP contribution in [0, 0.1) is 0 Å². The number of hydrogen-bond acceptors (Lipinski definition) is 5. The number of carbonyl (C=O) groups is 2. The molecule has 31 heavy (non-hydrogen) atoms. The maximum absolute atomic E-state index is 13.6. The molecule has 0 aliphatic carbocycles. The number of halogens is 1. The van der Waals surface area contributed by atoms with E-state index in [4.69, 9.17) is 16.3 Å². The zero-order valence-corrected chi connectivity index (χ0v) is 19.2. The van der Waals surface area contributed by atoms with Gasteiger partial charge in [-0.15, -0.1) is 0 Å². The number of piperazine rings is 1. The Morgan fingerprint density at radius 3 is 2.45 bits per heavy atom. The quantitative estimate of drug-likeness (QED) is 0.609. The molecule has 8 heteroatoms. The number of nitrogens with zero attached hydrogens (tertiary/aromatic N) is 3. The highest BCUT2D eigenvalue weighted by molar-refractivity contribution is 6.31. The topological polar surface area (TPSA) is 75.9 Å². The van der Waals surface area contributed by atoms with Crippen LogP contribution in [0.5, 0.6) is 0 Å². The second kappa shape index (κ2) is 7.80. The van der Waals surface area contributed by atoms with Crippen LogP contribution in [0.15, 0.2) is 30.6 Å². The Kier molecular flexibility index (Phi) is 5.43. The molecule has 0 spiro atoms. The third-order valence-corrected chi connectivity index (χ3v) is 5.50. The van der Waals surface area contributed by atoms with Crippen molar-refractivity contribution in [3.05, 3.63) is 46.9 Å². The molecule has 3 heterocycles. The molecule has 1 N–H and O–H groups in total. The molecule has 1 amide bonds. The van der Waals surface area contributed by atoms with Gasteiger partial charge >= 0.3 is 5.97 Å². The number of hydrogen-bond donors (Lipinski definition) is 1. The predicted octanol–water partition coefficient (Wildman–Crippen LogP) is 3.92. The second-order valence-electron chi connectivity index (χ2n) is 9.25. The monoisotopic (exact) mass is 442 g/mol. The minimum atomic E-state index is -0.650. The molecular formula is C23H27ClN4O3. The molecule has 1 aromatic carbocycles. The summed E-state index contributed by atoms with van der Waals surface area (Å²) in [4.78, 5) is 32.5. The predicted molar refractivity (Wildman–Crippen MR) is 121 cm³/mol. The Morgan fingerprint density at radius 2 is 1.81 bits per heavy atom. The van der Waals surface area contributed by atoms with Crippen LogP contribution in [0.3, 0.4) is 0 Å². The fourth-order valence-corrected chi connectivity index (χ4v) is 4.33. The summed E-state index contributed by atoms with van der Waals surface area (Å²) in [6, 6.07) is 7.50. The molecule has 0 unspecified atom stereocenters. The van der Waals surface area contributed by atoms with Crippen molar-refractivity contribution >= 4 is 39.9 Å². The summed E-state index contributed by atoms with van der Waals surface area (Å²) in [6.45, 7) is 10.8. The standard InChI is InChI=1S/C23H27ClN4O3/c1-13-10-27(11-14(2)26-13)21(29)17-9-19-20(22(30)31-23(3,4)5)25-12-28(19)18-7-6-15(24)8-16(17)18/h6-9,12-14,26H,10-11H2,1-5H3/t13-,14+. The Bertz CT molecular complexity index is 1170. The molecule has 164 valence electrons. The lowest BCUT2D eigenvalue weighted by molar-refractivity contribution is 0.00656. The van der Waals surface area contributed by atoms with Crippen LogP contribution in [0.1, 0.15) is 55.5 Å². The highest BCUT2D eigenvalue weighted by Crippen LogP contribution is 2.29. The minimum absolute atomic E-state index is 0.0914. The Hall–Kier alpha value is -2.64. The van der Waals surface area contributed by atoms with E-state index in [1.54, 1.807) is 28.9 Å². The van der Waals surface area contributed by atoms with E-state index >= 15 is 0 Å². The SMILES string of the molecule is C[C@@H]1CN(C(=O)c2cc3c(C(=O)OC(C)(C)C)ncn3c3ccc(Cl)cc23)C[C@H](C)N1. The summed E-state index contributed by atoms with van der Waals surface area (Å²) in [5.41, 5.74) is 1.32. The van der Waals surface area contributed by atoms with Gasteiger partial charge in [0.05, 0.1) is 16.6 Å². The summed E-state index contributed by atoms with van der Waals surface area (Å²) in [7, 11) is 0. The number of imidazole rings is 1. The lowest BCUT2D eigenvalue weighted by Crippen LogP contribution is -2.55. The van der Waals surface area contributed by atoms with E-state index in [1.165, 1.54) is 0 Å². The van der Waals surface area contributed by atoms with Gasteiger partial charge in [0.25, 0.3) is 5.91 Å². The van der Waals surface area contributed by atoms with Crippen molar-refractivity contribution in [3.63, 3.8) is 0 Å². The van der Waals surface area contributed by atoms with Crippen LogP contribution < -0.4 is 5.32 Å². The fraction of sp³-hybridized carbons (Fsp3) is 0.435. The van der Waals surface area contributed by atoms with Crippen LogP contribution in [0.4, 0.5) is 0 Å². The number of amides is 1. The zero-order chi connectivity index (χ0) is 22.5. The number of aromatic nitrogens is 2. The van der Waals surface area contributed by atoms with E-state index in [9.17, 15) is 9.59 Å². The van der Waals surface area contributed by atoms with Crippen molar-refractivity contribution < 1.29 is 14.3 Å². The molecule has 2 atom stereocenters. The lowest BCUT2D eigenvalue weighted by Gasteiger charge is -2.36. The van der Waals surface area contributed by atoms with Gasteiger partial charge < -0.3 is 15.0 Å². The molecule has 0 bridgehead atoms. The van der Waals surface area contributed by atoms with Crippen molar-refractivity contribution in [2.45, 2.75) is 52.3 Å². The highest BCUT2D eigenvalue weighted by Gasteiger charge is 2.29. The van der Waals surface area contributed by atoms with Crippen LogP contribution in [-0.2, 0) is 4.74 Å². The molecule has 0 radical (unpaired) electrons. The van der Waals surface area contributed by atoms with Gasteiger partial charge in [-0.2, -0.15) is 0 Å². The number of esters is 1. The number of benzene rings is 1. The third-order valence-electron chi connectivity index (χ3n) is 5.26. The molecule has 2 aromatic heterocycles. The van der Waals surface area contributed by atoms with Gasteiger partial charge in [-0.3, -0.25) is 9.20 Å². The van der Waals surface area contributed by atoms with Gasteiger partial charge in [0, 0.05) is 35.6 Å². The first kappa shape index (κ1) is 21.6. The van der Waals surface area contributed by atoms with E-state index in [-0.39, 0.29) is 23.7 Å². The summed E-state index contributed by atoms with van der Waals surface area (Å²) < 4.78 is 7.32. The van der Waals surface area contributed by atoms with Crippen LogP contribution >= 0.6 is 11.6 Å². The Balaban J connectivity index is 1.88. The third kappa shape index (κ3) is 4.25. The minimum Gasteiger partial charge on any atom is -0.455 e. The Labute approximate surface area is 186 Å². The summed E-state index contributed by atoms with van der Waals surface area (Å²) in [5, 5.41) is 4.70. The highest BCUT2D eigenvalue weighted by atomic mass is 35.5. The molecule has 3 aromatic rings. The number of pyridine rings is 1. The maximum atomic E-state index is 13.6. The molecular weight excluding hydrogens is 416 g/mol.